The summed E-state index contributed by atoms with van der Waals surface area (Å²) < 4.78 is 53.2. The Kier molecular flexibility index (Phi) is 10.4. The molecule has 0 unspecified atom stereocenters. The fraction of sp³-hybridized carbons (Fsp3) is 0.250. The summed E-state index contributed by atoms with van der Waals surface area (Å²) in [6.07, 6.45) is -2.13. The number of anilines is 1. The SMILES string of the molecule is C=C(NNC(=C)C(F)F)c1ccc(CN(C(=C)CC)c2cccc(F)c2)c(F)c1.CC. The maximum atomic E-state index is 14.7. The van der Waals surface area contributed by atoms with E-state index in [-0.39, 0.29) is 12.2 Å². The number of nitrogens with one attached hydrogen (secondary N) is 2. The smallest absolute Gasteiger partial charge is 0.279 e. The first-order valence-corrected chi connectivity index (χ1v) is 9.90. The normalized spacial score (nSPS) is 10.1. The van der Waals surface area contributed by atoms with Gasteiger partial charge in [0.1, 0.15) is 11.6 Å². The average Bonchev–Trinajstić information content (AvgIpc) is 2.77. The molecule has 0 aromatic heterocycles. The molecule has 168 valence electrons. The van der Waals surface area contributed by atoms with Gasteiger partial charge in [0.25, 0.3) is 6.43 Å². The van der Waals surface area contributed by atoms with Crippen molar-refractivity contribution < 1.29 is 17.6 Å². The molecule has 31 heavy (non-hydrogen) atoms. The van der Waals surface area contributed by atoms with E-state index in [9.17, 15) is 17.6 Å². The number of hydrazine groups is 1. The van der Waals surface area contributed by atoms with E-state index < -0.39 is 23.8 Å². The van der Waals surface area contributed by atoms with Crippen molar-refractivity contribution in [1.82, 2.24) is 10.9 Å². The predicted octanol–water partition coefficient (Wildman–Crippen LogP) is 6.77. The van der Waals surface area contributed by atoms with Crippen molar-refractivity contribution in [1.29, 1.82) is 0 Å². The van der Waals surface area contributed by atoms with Crippen molar-refractivity contribution in [2.24, 2.45) is 0 Å². The number of hydrogen-bond donors (Lipinski definition) is 2. The monoisotopic (exact) mass is 435 g/mol. The molecule has 0 radical (unpaired) electrons. The molecule has 0 fully saturated rings. The Hall–Kier alpha value is -3.22. The molecule has 2 N–H and O–H groups in total. The minimum atomic E-state index is -2.74. The molecule has 0 amide bonds. The molecule has 0 aliphatic carbocycles. The number of alkyl halides is 2. The van der Waals surface area contributed by atoms with Gasteiger partial charge >= 0.3 is 0 Å². The lowest BCUT2D eigenvalue weighted by molar-refractivity contribution is 0.179. The molecule has 0 aliphatic heterocycles. The Bertz CT molecular complexity index is 909. The molecule has 0 bridgehead atoms. The molecule has 0 saturated carbocycles. The van der Waals surface area contributed by atoms with Crippen molar-refractivity contribution in [3.05, 3.63) is 96.4 Å². The van der Waals surface area contributed by atoms with E-state index in [0.29, 0.717) is 28.9 Å². The summed E-state index contributed by atoms with van der Waals surface area (Å²) >= 11 is 0. The van der Waals surface area contributed by atoms with E-state index in [4.69, 9.17) is 0 Å². The van der Waals surface area contributed by atoms with Crippen LogP contribution in [0.3, 0.4) is 0 Å². The summed E-state index contributed by atoms with van der Waals surface area (Å²) in [7, 11) is 0. The maximum Gasteiger partial charge on any atom is 0.279 e. The lowest BCUT2D eigenvalue weighted by Crippen LogP contribution is -2.31. The van der Waals surface area contributed by atoms with Crippen LogP contribution in [0.5, 0.6) is 0 Å². The van der Waals surface area contributed by atoms with Crippen LogP contribution in [0.15, 0.2) is 73.6 Å². The molecule has 3 nitrogen and oxygen atoms in total. The van der Waals surface area contributed by atoms with Gasteiger partial charge in [-0.2, -0.15) is 0 Å². The number of allylic oxidation sites excluding steroid dienone is 2. The topological polar surface area (TPSA) is 27.3 Å². The Balaban J connectivity index is 0.00000233. The molecule has 0 saturated heterocycles. The van der Waals surface area contributed by atoms with Gasteiger partial charge in [-0.3, -0.25) is 5.43 Å². The highest BCUT2D eigenvalue weighted by Crippen LogP contribution is 2.25. The van der Waals surface area contributed by atoms with Gasteiger partial charge in [0.15, 0.2) is 0 Å². The van der Waals surface area contributed by atoms with Gasteiger partial charge < -0.3 is 10.3 Å². The Morgan fingerprint density at radius 3 is 2.23 bits per heavy atom. The van der Waals surface area contributed by atoms with Crippen molar-refractivity contribution in [3.8, 4) is 0 Å². The second-order valence-corrected chi connectivity index (χ2v) is 6.35. The van der Waals surface area contributed by atoms with Gasteiger partial charge in [-0.25, -0.2) is 17.6 Å². The van der Waals surface area contributed by atoms with Crippen LogP contribution in [-0.2, 0) is 6.54 Å². The van der Waals surface area contributed by atoms with Crippen LogP contribution in [0.1, 0.15) is 38.3 Å². The lowest BCUT2D eigenvalue weighted by Gasteiger charge is -2.27. The fourth-order valence-corrected chi connectivity index (χ4v) is 2.54. The molecule has 0 aliphatic rings. The summed E-state index contributed by atoms with van der Waals surface area (Å²) in [5.41, 5.74) is 6.41. The molecular weight excluding hydrogens is 406 g/mol. The first-order valence-electron chi connectivity index (χ1n) is 9.90. The Labute approximate surface area is 181 Å². The first kappa shape index (κ1) is 25.8. The fourth-order valence-electron chi connectivity index (χ4n) is 2.54. The van der Waals surface area contributed by atoms with Crippen molar-refractivity contribution >= 4 is 11.4 Å². The standard InChI is InChI=1S/C22H23F4N3.C2H6/c1-5-14(2)29(20-8-6-7-19(23)12-20)13-18-10-9-17(11-21(18)24)15(3)27-28-16(4)22(25)26;1-2/h6-12,22,27-28H,2-5,13H2,1H3;1-2H3. The van der Waals surface area contributed by atoms with Crippen LogP contribution in [0.4, 0.5) is 23.2 Å². The molecule has 2 aromatic carbocycles. The minimum absolute atomic E-state index is 0.155. The molecule has 0 spiro atoms. The van der Waals surface area contributed by atoms with Gasteiger partial charge in [0, 0.05) is 22.5 Å². The Morgan fingerprint density at radius 1 is 1.00 bits per heavy atom. The van der Waals surface area contributed by atoms with Gasteiger partial charge in [0.2, 0.25) is 0 Å². The zero-order valence-electron chi connectivity index (χ0n) is 18.1. The number of rotatable bonds is 10. The van der Waals surface area contributed by atoms with E-state index in [1.807, 2.05) is 20.8 Å². The zero-order chi connectivity index (χ0) is 23.6. The number of benzene rings is 2. The lowest BCUT2D eigenvalue weighted by atomic mass is 10.1. The predicted molar refractivity (Wildman–Crippen MR) is 120 cm³/mol. The highest BCUT2D eigenvalue weighted by molar-refractivity contribution is 5.62. The van der Waals surface area contributed by atoms with E-state index >= 15 is 0 Å². The van der Waals surface area contributed by atoms with E-state index in [1.54, 1.807) is 29.2 Å². The average molecular weight is 436 g/mol. The van der Waals surface area contributed by atoms with Gasteiger partial charge in [-0.15, -0.1) is 0 Å². The number of halogens is 4. The summed E-state index contributed by atoms with van der Waals surface area (Å²) in [4.78, 5) is 1.74. The van der Waals surface area contributed by atoms with E-state index in [0.717, 1.165) is 0 Å². The molecular formula is C24H29F4N3. The van der Waals surface area contributed by atoms with Gasteiger partial charge in [-0.05, 0) is 30.7 Å². The summed E-state index contributed by atoms with van der Waals surface area (Å²) in [5.74, 6) is -0.907. The van der Waals surface area contributed by atoms with Crippen LogP contribution in [-0.4, -0.2) is 6.43 Å². The third-order valence-electron chi connectivity index (χ3n) is 4.28. The summed E-state index contributed by atoms with van der Waals surface area (Å²) in [6, 6.07) is 10.4. The largest absolute Gasteiger partial charge is 0.341 e. The second-order valence-electron chi connectivity index (χ2n) is 6.35. The highest BCUT2D eigenvalue weighted by Gasteiger charge is 2.15. The van der Waals surface area contributed by atoms with Crippen LogP contribution in [0.25, 0.3) is 5.70 Å². The van der Waals surface area contributed by atoms with Gasteiger partial charge in [0.05, 0.1) is 17.9 Å². The molecule has 0 atom stereocenters. The van der Waals surface area contributed by atoms with Crippen LogP contribution in [0.2, 0.25) is 0 Å². The van der Waals surface area contributed by atoms with Crippen LogP contribution < -0.4 is 15.8 Å². The number of hydrogen-bond acceptors (Lipinski definition) is 3. The molecule has 0 heterocycles. The third-order valence-corrected chi connectivity index (χ3v) is 4.28. The van der Waals surface area contributed by atoms with Crippen LogP contribution >= 0.6 is 0 Å². The van der Waals surface area contributed by atoms with Crippen molar-refractivity contribution in [2.75, 3.05) is 4.90 Å². The zero-order valence-corrected chi connectivity index (χ0v) is 18.1. The quantitative estimate of drug-likeness (QED) is 0.319. The highest BCUT2D eigenvalue weighted by atomic mass is 19.3. The van der Waals surface area contributed by atoms with Crippen molar-refractivity contribution in [3.63, 3.8) is 0 Å². The Morgan fingerprint density at radius 2 is 1.68 bits per heavy atom. The maximum absolute atomic E-state index is 14.7. The van der Waals surface area contributed by atoms with Crippen molar-refractivity contribution in [2.45, 2.75) is 40.2 Å². The van der Waals surface area contributed by atoms with Crippen LogP contribution in [0, 0.1) is 11.6 Å². The molecule has 2 rings (SSSR count). The van der Waals surface area contributed by atoms with Gasteiger partial charge in [-0.1, -0.05) is 58.7 Å². The summed E-state index contributed by atoms with van der Waals surface area (Å²) in [5, 5.41) is 0. The number of nitrogens with zero attached hydrogens (tertiary/aromatic N) is 1. The molecule has 2 aromatic rings. The van der Waals surface area contributed by atoms with E-state index in [2.05, 4.69) is 30.6 Å². The second kappa shape index (κ2) is 12.5. The summed E-state index contributed by atoms with van der Waals surface area (Å²) in [6.45, 7) is 16.9. The van der Waals surface area contributed by atoms with E-state index in [1.165, 1.54) is 18.2 Å². The molecule has 7 heteroatoms. The third kappa shape index (κ3) is 7.51. The minimum Gasteiger partial charge on any atom is -0.341 e. The first-order chi connectivity index (χ1) is 14.7.